The fourth-order valence-corrected chi connectivity index (χ4v) is 4.62. The van der Waals surface area contributed by atoms with Crippen molar-refractivity contribution in [1.29, 1.82) is 0 Å². The van der Waals surface area contributed by atoms with Gasteiger partial charge in [0, 0.05) is 13.7 Å². The van der Waals surface area contributed by atoms with E-state index < -0.39 is 35.8 Å². The summed E-state index contributed by atoms with van der Waals surface area (Å²) < 4.78 is 21.5. The Morgan fingerprint density at radius 3 is 1.59 bits per heavy atom. The topological polar surface area (TPSA) is 108 Å². The first-order valence-corrected chi connectivity index (χ1v) is 14.7. The van der Waals surface area contributed by atoms with Crippen LogP contribution in [-0.2, 0) is 53.0 Å². The van der Waals surface area contributed by atoms with E-state index in [-0.39, 0.29) is 45.3 Å². The molecule has 3 rings (SSSR count). The molecule has 0 fully saturated rings. The molecule has 0 saturated heterocycles. The maximum atomic E-state index is 14.3. The van der Waals surface area contributed by atoms with Gasteiger partial charge in [0.2, 0.25) is 5.91 Å². The van der Waals surface area contributed by atoms with E-state index >= 15 is 0 Å². The molecule has 9 nitrogen and oxygen atoms in total. The van der Waals surface area contributed by atoms with Crippen molar-refractivity contribution in [3.8, 4) is 0 Å². The Balaban J connectivity index is 1.93. The predicted octanol–water partition coefficient (Wildman–Crippen LogP) is 5.61. The van der Waals surface area contributed by atoms with Gasteiger partial charge in [-0.3, -0.25) is 14.4 Å². The lowest BCUT2D eigenvalue weighted by molar-refractivity contribution is -0.170. The lowest BCUT2D eigenvalue weighted by Crippen LogP contribution is -2.48. The van der Waals surface area contributed by atoms with E-state index in [1.54, 1.807) is 48.5 Å². The Morgan fingerprint density at radius 2 is 1.14 bits per heavy atom. The standard InChI is InChI=1S/C35H41NO8/c1-26(2)23-30(32(37)36(35(40)42-22-21-41-3)20-19-27-13-7-4-8-14-27)31(33(38)43-24-28-15-9-5-10-16-28)34(39)44-25-29-17-11-6-12-18-29/h4-18,26,30-31H,19-25H2,1-3H3. The van der Waals surface area contributed by atoms with Crippen molar-refractivity contribution in [1.82, 2.24) is 4.90 Å². The SMILES string of the molecule is COCCOC(=O)N(CCc1ccccc1)C(=O)C(CC(C)C)C(C(=O)OCc1ccccc1)C(=O)OCc1ccccc1. The molecule has 0 bridgehead atoms. The number of amides is 2. The molecule has 0 radical (unpaired) electrons. The van der Waals surface area contributed by atoms with Crippen LogP contribution in [0.3, 0.4) is 0 Å². The minimum atomic E-state index is -1.61. The zero-order valence-corrected chi connectivity index (χ0v) is 25.6. The largest absolute Gasteiger partial charge is 0.460 e. The van der Waals surface area contributed by atoms with Gasteiger partial charge >= 0.3 is 18.0 Å². The minimum Gasteiger partial charge on any atom is -0.460 e. The number of nitrogens with zero attached hydrogens (tertiary/aromatic N) is 1. The summed E-state index contributed by atoms with van der Waals surface area (Å²) in [4.78, 5) is 55.8. The Hall–Kier alpha value is -4.50. The number of hydrogen-bond acceptors (Lipinski definition) is 8. The molecule has 2 amide bonds. The highest BCUT2D eigenvalue weighted by Crippen LogP contribution is 2.28. The molecular weight excluding hydrogens is 562 g/mol. The van der Waals surface area contributed by atoms with E-state index in [1.807, 2.05) is 56.3 Å². The van der Waals surface area contributed by atoms with Gasteiger partial charge in [0.05, 0.1) is 12.5 Å². The Morgan fingerprint density at radius 1 is 0.659 bits per heavy atom. The second-order valence-corrected chi connectivity index (χ2v) is 10.7. The highest BCUT2D eigenvalue weighted by Gasteiger charge is 2.45. The van der Waals surface area contributed by atoms with Crippen LogP contribution in [0.5, 0.6) is 0 Å². The molecule has 0 aromatic heterocycles. The molecule has 0 spiro atoms. The zero-order chi connectivity index (χ0) is 31.7. The van der Waals surface area contributed by atoms with Crippen molar-refractivity contribution < 1.29 is 38.1 Å². The lowest BCUT2D eigenvalue weighted by atomic mass is 9.84. The van der Waals surface area contributed by atoms with Crippen LogP contribution in [-0.4, -0.2) is 55.7 Å². The van der Waals surface area contributed by atoms with E-state index in [4.69, 9.17) is 18.9 Å². The molecule has 0 aliphatic rings. The molecule has 1 atom stereocenters. The third kappa shape index (κ3) is 11.0. The normalized spacial score (nSPS) is 11.6. The Bertz CT molecular complexity index is 1260. The van der Waals surface area contributed by atoms with Crippen LogP contribution in [0.2, 0.25) is 0 Å². The predicted molar refractivity (Wildman–Crippen MR) is 164 cm³/mol. The fourth-order valence-electron chi connectivity index (χ4n) is 4.62. The maximum Gasteiger partial charge on any atom is 0.416 e. The van der Waals surface area contributed by atoms with E-state index in [9.17, 15) is 19.2 Å². The average Bonchev–Trinajstić information content (AvgIpc) is 3.04. The first-order valence-electron chi connectivity index (χ1n) is 14.7. The Labute approximate surface area is 259 Å². The van der Waals surface area contributed by atoms with Crippen molar-refractivity contribution in [2.75, 3.05) is 26.9 Å². The number of carbonyl (C=O) groups excluding carboxylic acids is 4. The number of benzene rings is 3. The molecule has 0 saturated carbocycles. The minimum absolute atomic E-state index is 0.0197. The first-order chi connectivity index (χ1) is 21.3. The van der Waals surface area contributed by atoms with Gasteiger partial charge in [-0.25, -0.2) is 9.69 Å². The maximum absolute atomic E-state index is 14.3. The van der Waals surface area contributed by atoms with Crippen molar-refractivity contribution >= 4 is 23.9 Å². The lowest BCUT2D eigenvalue weighted by Gasteiger charge is -2.30. The summed E-state index contributed by atoms with van der Waals surface area (Å²) in [5.41, 5.74) is 2.34. The Kier molecular flexibility index (Phi) is 14.1. The van der Waals surface area contributed by atoms with Gasteiger partial charge in [-0.15, -0.1) is 0 Å². The van der Waals surface area contributed by atoms with Gasteiger partial charge in [-0.1, -0.05) is 105 Å². The molecule has 0 heterocycles. The van der Waals surface area contributed by atoms with Crippen LogP contribution in [0.4, 0.5) is 4.79 Å². The van der Waals surface area contributed by atoms with Crippen LogP contribution in [0.1, 0.15) is 37.0 Å². The molecule has 1 unspecified atom stereocenters. The molecule has 0 aliphatic carbocycles. The monoisotopic (exact) mass is 603 g/mol. The summed E-state index contributed by atoms with van der Waals surface area (Å²) in [6, 6.07) is 27.4. The summed E-state index contributed by atoms with van der Waals surface area (Å²) in [6.45, 7) is 3.60. The molecule has 44 heavy (non-hydrogen) atoms. The van der Waals surface area contributed by atoms with Gasteiger partial charge < -0.3 is 18.9 Å². The average molecular weight is 604 g/mol. The molecule has 234 valence electrons. The number of rotatable bonds is 16. The molecule has 9 heteroatoms. The fraction of sp³-hybridized carbons (Fsp3) is 0.371. The van der Waals surface area contributed by atoms with Crippen molar-refractivity contribution in [2.45, 2.75) is 39.9 Å². The van der Waals surface area contributed by atoms with E-state index in [0.29, 0.717) is 6.42 Å². The summed E-state index contributed by atoms with van der Waals surface area (Å²) in [7, 11) is 1.47. The molecular formula is C35H41NO8. The zero-order valence-electron chi connectivity index (χ0n) is 25.6. The van der Waals surface area contributed by atoms with Crippen LogP contribution < -0.4 is 0 Å². The summed E-state index contributed by atoms with van der Waals surface area (Å²) in [5, 5.41) is 0. The van der Waals surface area contributed by atoms with Gasteiger partial charge in [0.15, 0.2) is 5.92 Å². The number of ether oxygens (including phenoxy) is 4. The van der Waals surface area contributed by atoms with Crippen LogP contribution in [0.25, 0.3) is 0 Å². The second kappa shape index (κ2) is 18.2. The number of esters is 2. The summed E-state index contributed by atoms with van der Waals surface area (Å²) in [6.07, 6.45) is -0.412. The van der Waals surface area contributed by atoms with Crippen molar-refractivity contribution in [3.05, 3.63) is 108 Å². The molecule has 3 aromatic rings. The molecule has 0 N–H and O–H groups in total. The van der Waals surface area contributed by atoms with Crippen LogP contribution in [0.15, 0.2) is 91.0 Å². The van der Waals surface area contributed by atoms with E-state index in [0.717, 1.165) is 21.6 Å². The van der Waals surface area contributed by atoms with E-state index in [2.05, 4.69) is 0 Å². The van der Waals surface area contributed by atoms with Gasteiger partial charge in [-0.2, -0.15) is 0 Å². The third-order valence-corrected chi connectivity index (χ3v) is 6.87. The summed E-state index contributed by atoms with van der Waals surface area (Å²) in [5.74, 6) is -5.48. The molecule has 0 aliphatic heterocycles. The molecule has 3 aromatic carbocycles. The highest BCUT2D eigenvalue weighted by atomic mass is 16.6. The number of imide groups is 1. The third-order valence-electron chi connectivity index (χ3n) is 6.87. The number of methoxy groups -OCH3 is 1. The number of carbonyl (C=O) groups is 4. The van der Waals surface area contributed by atoms with Crippen molar-refractivity contribution in [2.24, 2.45) is 17.8 Å². The van der Waals surface area contributed by atoms with Crippen LogP contribution >= 0.6 is 0 Å². The van der Waals surface area contributed by atoms with Gasteiger partial charge in [-0.05, 0) is 35.4 Å². The second-order valence-electron chi connectivity index (χ2n) is 10.7. The van der Waals surface area contributed by atoms with Gasteiger partial charge in [0.1, 0.15) is 19.8 Å². The van der Waals surface area contributed by atoms with Crippen molar-refractivity contribution in [3.63, 3.8) is 0 Å². The smallest absolute Gasteiger partial charge is 0.416 e. The number of hydrogen-bond donors (Lipinski definition) is 0. The summed E-state index contributed by atoms with van der Waals surface area (Å²) >= 11 is 0. The quantitative estimate of drug-likeness (QED) is 0.0901. The first kappa shape index (κ1) is 34.0. The van der Waals surface area contributed by atoms with Crippen LogP contribution in [0, 0.1) is 17.8 Å². The highest BCUT2D eigenvalue weighted by molar-refractivity contribution is 6.02. The van der Waals surface area contributed by atoms with E-state index in [1.165, 1.54) is 7.11 Å². The van der Waals surface area contributed by atoms with Gasteiger partial charge in [0.25, 0.3) is 0 Å².